The summed E-state index contributed by atoms with van der Waals surface area (Å²) in [4.78, 5) is 43.0. The molecule has 9 nitrogen and oxygen atoms in total. The lowest BCUT2D eigenvalue weighted by atomic mass is 9.79. The fraction of sp³-hybridized carbons (Fsp3) is 0.423. The van der Waals surface area contributed by atoms with Gasteiger partial charge in [0.15, 0.2) is 0 Å². The molecule has 3 aliphatic rings. The predicted molar refractivity (Wildman–Crippen MR) is 128 cm³/mol. The molecular weight excluding hydrogens is 505 g/mol. The van der Waals surface area contributed by atoms with E-state index >= 15 is 0 Å². The van der Waals surface area contributed by atoms with E-state index in [1.807, 2.05) is 4.90 Å². The van der Waals surface area contributed by atoms with Crippen LogP contribution >= 0.6 is 0 Å². The topological polar surface area (TPSA) is 100 Å². The van der Waals surface area contributed by atoms with Gasteiger partial charge < -0.3 is 9.47 Å². The largest absolute Gasteiger partial charge is 0.573 e. The zero-order chi connectivity index (χ0) is 27.1. The number of likely N-dealkylation sites (N-methyl/N-ethyl adjacent to an activating group) is 1. The predicted octanol–water partition coefficient (Wildman–Crippen LogP) is 3.50. The van der Waals surface area contributed by atoms with E-state index in [0.29, 0.717) is 24.4 Å². The Morgan fingerprint density at radius 1 is 0.816 bits per heavy atom. The summed E-state index contributed by atoms with van der Waals surface area (Å²) in [5, 5.41) is 4.55. The van der Waals surface area contributed by atoms with Crippen LogP contribution in [-0.4, -0.2) is 66.2 Å². The maximum Gasteiger partial charge on any atom is 0.573 e. The minimum Gasteiger partial charge on any atom is -0.457 e. The monoisotopic (exact) mass is 532 g/mol. The number of amides is 4. The number of carbonyl (C=O) groups excluding carboxylic acids is 3. The first-order valence-corrected chi connectivity index (χ1v) is 12.3. The second-order valence-corrected chi connectivity index (χ2v) is 9.87. The third-order valence-electron chi connectivity index (χ3n) is 7.65. The van der Waals surface area contributed by atoms with Crippen LogP contribution in [0.3, 0.4) is 0 Å². The van der Waals surface area contributed by atoms with Gasteiger partial charge in [-0.1, -0.05) is 12.1 Å². The third kappa shape index (κ3) is 4.69. The van der Waals surface area contributed by atoms with E-state index < -0.39 is 29.7 Å². The number of carbonyl (C=O) groups is 3. The molecule has 1 spiro atoms. The number of barbiturate groups is 1. The number of benzene rings is 2. The van der Waals surface area contributed by atoms with E-state index in [1.54, 1.807) is 24.3 Å². The summed E-state index contributed by atoms with van der Waals surface area (Å²) in [7, 11) is 2.06. The van der Waals surface area contributed by atoms with Crippen molar-refractivity contribution in [3.05, 3.63) is 54.1 Å². The minimum atomic E-state index is -4.79. The Bertz CT molecular complexity index is 1210. The van der Waals surface area contributed by atoms with Crippen LogP contribution in [0.1, 0.15) is 31.2 Å². The van der Waals surface area contributed by atoms with E-state index in [0.717, 1.165) is 44.4 Å². The molecule has 202 valence electrons. The van der Waals surface area contributed by atoms with E-state index in [9.17, 15) is 27.6 Å². The summed E-state index contributed by atoms with van der Waals surface area (Å²) >= 11 is 0. The molecule has 3 heterocycles. The number of hydrogen-bond acceptors (Lipinski definition) is 7. The molecule has 0 aromatic heterocycles. The third-order valence-corrected chi connectivity index (χ3v) is 7.65. The molecular formula is C26H27F3N4O5. The molecule has 2 aromatic carbocycles. The number of rotatable bonds is 5. The number of halogens is 3. The van der Waals surface area contributed by atoms with Gasteiger partial charge in [-0.05, 0) is 81.2 Å². The van der Waals surface area contributed by atoms with Gasteiger partial charge in [0, 0.05) is 18.6 Å². The van der Waals surface area contributed by atoms with Crippen LogP contribution in [0.4, 0.5) is 18.0 Å². The average molecular weight is 533 g/mol. The first-order chi connectivity index (χ1) is 18.0. The molecule has 12 heteroatoms. The van der Waals surface area contributed by atoms with Crippen molar-refractivity contribution in [2.24, 2.45) is 0 Å². The lowest BCUT2D eigenvalue weighted by molar-refractivity contribution is -0.274. The second-order valence-electron chi connectivity index (χ2n) is 9.87. The molecule has 0 radical (unpaired) electrons. The van der Waals surface area contributed by atoms with Crippen LogP contribution in [0.15, 0.2) is 48.5 Å². The van der Waals surface area contributed by atoms with Gasteiger partial charge in [0.05, 0.1) is 0 Å². The number of ether oxygens (including phenoxy) is 2. The fourth-order valence-electron chi connectivity index (χ4n) is 5.85. The molecule has 0 aliphatic carbocycles. The highest BCUT2D eigenvalue weighted by molar-refractivity contribution is 6.22. The lowest BCUT2D eigenvalue weighted by Crippen LogP contribution is -2.73. The summed E-state index contributed by atoms with van der Waals surface area (Å²) in [6, 6.07) is 10.4. The summed E-state index contributed by atoms with van der Waals surface area (Å²) < 4.78 is 46.8. The van der Waals surface area contributed by atoms with Crippen molar-refractivity contribution in [3.63, 3.8) is 0 Å². The van der Waals surface area contributed by atoms with Crippen molar-refractivity contribution in [1.29, 1.82) is 0 Å². The number of likely N-dealkylation sites (tertiary alicyclic amines) is 2. The molecule has 3 aliphatic heterocycles. The number of urea groups is 1. The molecule has 0 bridgehead atoms. The van der Waals surface area contributed by atoms with Crippen LogP contribution in [-0.2, 0) is 15.1 Å². The van der Waals surface area contributed by atoms with E-state index in [4.69, 9.17) is 4.74 Å². The summed E-state index contributed by atoms with van der Waals surface area (Å²) in [5.41, 5.74) is -1.53. The number of piperidine rings is 1. The Morgan fingerprint density at radius 2 is 1.34 bits per heavy atom. The number of imide groups is 2. The summed E-state index contributed by atoms with van der Waals surface area (Å²) in [6.45, 7) is 1.92. The van der Waals surface area contributed by atoms with Gasteiger partial charge in [-0.2, -0.15) is 0 Å². The molecule has 1 unspecified atom stereocenters. The quantitative estimate of drug-likeness (QED) is 0.569. The van der Waals surface area contributed by atoms with Crippen molar-refractivity contribution in [2.75, 3.05) is 26.7 Å². The van der Waals surface area contributed by atoms with Crippen LogP contribution in [0.25, 0.3) is 0 Å². The van der Waals surface area contributed by atoms with Crippen molar-refractivity contribution in [1.82, 2.24) is 20.4 Å². The average Bonchev–Trinajstić information content (AvgIpc) is 3.19. The van der Waals surface area contributed by atoms with E-state index in [2.05, 4.69) is 27.3 Å². The van der Waals surface area contributed by atoms with Crippen molar-refractivity contribution >= 4 is 17.8 Å². The Labute approximate surface area is 216 Å². The van der Waals surface area contributed by atoms with E-state index in [1.165, 1.54) is 12.1 Å². The van der Waals surface area contributed by atoms with Gasteiger partial charge in [0.2, 0.25) is 5.54 Å². The number of nitrogens with one attached hydrogen (secondary N) is 2. The minimum absolute atomic E-state index is 0.154. The van der Waals surface area contributed by atoms with Crippen molar-refractivity contribution in [2.45, 2.75) is 43.1 Å². The smallest absolute Gasteiger partial charge is 0.457 e. The number of alkyl halides is 3. The molecule has 4 amide bonds. The molecule has 5 rings (SSSR count). The molecule has 2 N–H and O–H groups in total. The maximum absolute atomic E-state index is 13.5. The highest BCUT2D eigenvalue weighted by Crippen LogP contribution is 2.42. The first kappa shape index (κ1) is 26.0. The Balaban J connectivity index is 1.42. The lowest BCUT2D eigenvalue weighted by Gasteiger charge is -2.51. The number of nitrogens with zero attached hydrogens (tertiary/aromatic N) is 2. The summed E-state index contributed by atoms with van der Waals surface area (Å²) in [5.74, 6) is -1.19. The van der Waals surface area contributed by atoms with Gasteiger partial charge in [-0.15, -0.1) is 13.2 Å². The molecule has 0 saturated carbocycles. The molecule has 1 atom stereocenters. The van der Waals surface area contributed by atoms with Gasteiger partial charge in [-0.3, -0.25) is 30.0 Å². The molecule has 3 saturated heterocycles. The zero-order valence-corrected chi connectivity index (χ0v) is 20.6. The van der Waals surface area contributed by atoms with Gasteiger partial charge in [-0.25, -0.2) is 4.79 Å². The number of hydrogen-bond donors (Lipinski definition) is 2. The zero-order valence-electron chi connectivity index (χ0n) is 20.6. The Hall–Kier alpha value is -3.64. The van der Waals surface area contributed by atoms with Crippen LogP contribution in [0.2, 0.25) is 0 Å². The Kier molecular flexibility index (Phi) is 6.56. The summed E-state index contributed by atoms with van der Waals surface area (Å²) in [6.07, 6.45) is -1.06. The van der Waals surface area contributed by atoms with Crippen LogP contribution < -0.4 is 20.1 Å². The maximum atomic E-state index is 13.5. The van der Waals surface area contributed by atoms with Gasteiger partial charge in [0.25, 0.3) is 11.8 Å². The highest BCUT2D eigenvalue weighted by Gasteiger charge is 2.59. The van der Waals surface area contributed by atoms with Gasteiger partial charge in [0.1, 0.15) is 17.2 Å². The van der Waals surface area contributed by atoms with Gasteiger partial charge >= 0.3 is 12.4 Å². The second kappa shape index (κ2) is 9.59. The van der Waals surface area contributed by atoms with E-state index in [-0.39, 0.29) is 17.0 Å². The van der Waals surface area contributed by atoms with Crippen LogP contribution in [0.5, 0.6) is 17.2 Å². The molecule has 3 fully saturated rings. The SMILES string of the molecule is CN1CCCC12CCCN(C1(c3ccc(Oc4ccc(OC(F)(F)F)cc4)cc3)C(=O)NC(=O)NC1=O)C2. The highest BCUT2D eigenvalue weighted by atomic mass is 19.4. The molecule has 2 aromatic rings. The van der Waals surface area contributed by atoms with Crippen molar-refractivity contribution < 1.29 is 37.0 Å². The Morgan fingerprint density at radius 3 is 1.89 bits per heavy atom. The van der Waals surface area contributed by atoms with Crippen LogP contribution in [0, 0.1) is 0 Å². The fourth-order valence-corrected chi connectivity index (χ4v) is 5.85. The molecule has 38 heavy (non-hydrogen) atoms. The standard InChI is InChI=1S/C26H27F3N4O5/c1-32-14-2-12-24(32)13-3-15-33(16-24)25(21(34)30-23(36)31-22(25)35)17-4-6-18(7-5-17)37-19-8-10-20(11-9-19)38-26(27,28)29/h4-11H,2-3,12-16H2,1H3,(H2,30,31,34,35,36). The first-order valence-electron chi connectivity index (χ1n) is 12.3. The normalized spacial score (nSPS) is 24.3. The van der Waals surface area contributed by atoms with Crippen molar-refractivity contribution in [3.8, 4) is 17.2 Å².